The standard InChI is InChI=1S/C11H13F3N4/c12-11(13,14)8-1-5-18(6-2-8)10-9(7-15)16-3-4-17-10/h1,3-4H,2,5-7,15H2. The van der Waals surface area contributed by atoms with Crippen molar-refractivity contribution < 1.29 is 13.2 Å². The van der Waals surface area contributed by atoms with Crippen molar-refractivity contribution >= 4 is 5.82 Å². The minimum absolute atomic E-state index is 0.0376. The number of nitrogens with two attached hydrogens (primary N) is 1. The van der Waals surface area contributed by atoms with Gasteiger partial charge < -0.3 is 10.6 Å². The lowest BCUT2D eigenvalue weighted by atomic mass is 10.1. The van der Waals surface area contributed by atoms with Gasteiger partial charge in [-0.15, -0.1) is 0 Å². The monoisotopic (exact) mass is 258 g/mol. The smallest absolute Gasteiger partial charge is 0.351 e. The highest BCUT2D eigenvalue weighted by molar-refractivity contribution is 5.45. The molecule has 4 nitrogen and oxygen atoms in total. The van der Waals surface area contributed by atoms with Gasteiger partial charge in [0.05, 0.1) is 5.69 Å². The minimum Gasteiger partial charge on any atom is -0.351 e. The van der Waals surface area contributed by atoms with E-state index in [1.165, 1.54) is 18.5 Å². The van der Waals surface area contributed by atoms with Gasteiger partial charge in [-0.05, 0) is 6.42 Å². The van der Waals surface area contributed by atoms with E-state index in [2.05, 4.69) is 9.97 Å². The van der Waals surface area contributed by atoms with Crippen molar-refractivity contribution in [3.8, 4) is 0 Å². The van der Waals surface area contributed by atoms with Crippen molar-refractivity contribution in [2.45, 2.75) is 19.1 Å². The molecule has 1 aromatic rings. The Kier molecular flexibility index (Phi) is 3.51. The van der Waals surface area contributed by atoms with Gasteiger partial charge in [0.1, 0.15) is 0 Å². The molecule has 0 aromatic carbocycles. The zero-order valence-corrected chi connectivity index (χ0v) is 9.61. The Balaban J connectivity index is 2.17. The van der Waals surface area contributed by atoms with E-state index < -0.39 is 11.7 Å². The summed E-state index contributed by atoms with van der Waals surface area (Å²) in [6.45, 7) is 0.674. The van der Waals surface area contributed by atoms with E-state index >= 15 is 0 Å². The summed E-state index contributed by atoms with van der Waals surface area (Å²) in [5.74, 6) is 0.567. The van der Waals surface area contributed by atoms with Crippen molar-refractivity contribution in [1.82, 2.24) is 9.97 Å². The molecule has 0 saturated heterocycles. The summed E-state index contributed by atoms with van der Waals surface area (Å²) in [7, 11) is 0. The Hall–Kier alpha value is -1.63. The molecule has 0 radical (unpaired) electrons. The average molecular weight is 258 g/mol. The quantitative estimate of drug-likeness (QED) is 0.819. The summed E-state index contributed by atoms with van der Waals surface area (Å²) in [5.41, 5.74) is 5.65. The van der Waals surface area contributed by atoms with Crippen LogP contribution in [0.4, 0.5) is 19.0 Å². The van der Waals surface area contributed by atoms with Crippen LogP contribution in [0.5, 0.6) is 0 Å². The molecular formula is C11H13F3N4. The normalized spacial score (nSPS) is 16.7. The summed E-state index contributed by atoms with van der Waals surface area (Å²) in [6, 6.07) is 0. The van der Waals surface area contributed by atoms with Gasteiger partial charge in [-0.2, -0.15) is 13.2 Å². The van der Waals surface area contributed by atoms with Crippen LogP contribution < -0.4 is 10.6 Å². The number of aromatic nitrogens is 2. The number of hydrogen-bond acceptors (Lipinski definition) is 4. The zero-order chi connectivity index (χ0) is 13.2. The van der Waals surface area contributed by atoms with Gasteiger partial charge in [0.15, 0.2) is 5.82 Å². The van der Waals surface area contributed by atoms with E-state index in [1.807, 2.05) is 0 Å². The third-order valence-electron chi connectivity index (χ3n) is 2.82. The second-order valence-electron chi connectivity index (χ2n) is 3.95. The van der Waals surface area contributed by atoms with Crippen LogP contribution in [-0.4, -0.2) is 29.2 Å². The molecule has 0 spiro atoms. The maximum Gasteiger partial charge on any atom is 0.412 e. The molecule has 98 valence electrons. The van der Waals surface area contributed by atoms with Crippen LogP contribution in [-0.2, 0) is 6.54 Å². The van der Waals surface area contributed by atoms with Crippen LogP contribution in [0.25, 0.3) is 0 Å². The van der Waals surface area contributed by atoms with Gasteiger partial charge in [0, 0.05) is 37.6 Å². The van der Waals surface area contributed by atoms with E-state index in [0.29, 0.717) is 11.5 Å². The highest BCUT2D eigenvalue weighted by Crippen LogP contribution is 2.31. The number of rotatable bonds is 2. The van der Waals surface area contributed by atoms with Crippen LogP contribution in [0.3, 0.4) is 0 Å². The largest absolute Gasteiger partial charge is 0.412 e. The predicted molar refractivity (Wildman–Crippen MR) is 60.9 cm³/mol. The summed E-state index contributed by atoms with van der Waals surface area (Å²) in [4.78, 5) is 9.96. The van der Waals surface area contributed by atoms with Crippen LogP contribution in [0.15, 0.2) is 24.0 Å². The van der Waals surface area contributed by atoms with Crippen molar-refractivity contribution in [3.05, 3.63) is 29.7 Å². The number of halogens is 3. The van der Waals surface area contributed by atoms with Crippen molar-refractivity contribution in [3.63, 3.8) is 0 Å². The first-order valence-corrected chi connectivity index (χ1v) is 5.53. The van der Waals surface area contributed by atoms with Crippen LogP contribution in [0.2, 0.25) is 0 Å². The average Bonchev–Trinajstić information content (AvgIpc) is 2.38. The predicted octanol–water partition coefficient (Wildman–Crippen LogP) is 1.63. The van der Waals surface area contributed by atoms with E-state index in [1.54, 1.807) is 4.90 Å². The van der Waals surface area contributed by atoms with Gasteiger partial charge in [-0.3, -0.25) is 4.98 Å². The summed E-state index contributed by atoms with van der Waals surface area (Å²) < 4.78 is 37.4. The van der Waals surface area contributed by atoms with Gasteiger partial charge in [0.25, 0.3) is 0 Å². The van der Waals surface area contributed by atoms with E-state index in [9.17, 15) is 13.2 Å². The Morgan fingerprint density at radius 1 is 1.28 bits per heavy atom. The highest BCUT2D eigenvalue weighted by Gasteiger charge is 2.35. The molecule has 0 atom stereocenters. The fraction of sp³-hybridized carbons (Fsp3) is 0.455. The van der Waals surface area contributed by atoms with E-state index in [-0.39, 0.29) is 26.1 Å². The molecule has 0 aliphatic carbocycles. The fourth-order valence-electron chi connectivity index (χ4n) is 1.89. The maximum absolute atomic E-state index is 12.5. The lowest BCUT2D eigenvalue weighted by Crippen LogP contribution is -2.33. The fourth-order valence-corrected chi connectivity index (χ4v) is 1.89. The molecule has 2 heterocycles. The zero-order valence-electron chi connectivity index (χ0n) is 9.61. The molecule has 1 aliphatic heterocycles. The van der Waals surface area contributed by atoms with E-state index in [0.717, 1.165) is 0 Å². The number of hydrogen-bond donors (Lipinski definition) is 1. The molecule has 7 heteroatoms. The third-order valence-corrected chi connectivity index (χ3v) is 2.82. The van der Waals surface area contributed by atoms with Crippen LogP contribution in [0, 0.1) is 0 Å². The van der Waals surface area contributed by atoms with E-state index in [4.69, 9.17) is 5.73 Å². The summed E-state index contributed by atoms with van der Waals surface area (Å²) >= 11 is 0. The van der Waals surface area contributed by atoms with Crippen molar-refractivity contribution in [1.29, 1.82) is 0 Å². The van der Waals surface area contributed by atoms with Crippen LogP contribution >= 0.6 is 0 Å². The lowest BCUT2D eigenvalue weighted by Gasteiger charge is -2.29. The summed E-state index contributed by atoms with van der Waals surface area (Å²) in [6.07, 6.45) is -0.0438. The lowest BCUT2D eigenvalue weighted by molar-refractivity contribution is -0.0944. The summed E-state index contributed by atoms with van der Waals surface area (Å²) in [5, 5.41) is 0. The Labute approximate surface area is 102 Å². The van der Waals surface area contributed by atoms with Gasteiger partial charge in [-0.1, -0.05) is 6.08 Å². The molecule has 0 fully saturated rings. The Bertz CT molecular complexity index is 456. The van der Waals surface area contributed by atoms with Crippen molar-refractivity contribution in [2.24, 2.45) is 5.73 Å². The molecular weight excluding hydrogens is 245 g/mol. The second kappa shape index (κ2) is 4.93. The first-order chi connectivity index (χ1) is 8.52. The molecule has 2 N–H and O–H groups in total. The molecule has 0 bridgehead atoms. The maximum atomic E-state index is 12.5. The SMILES string of the molecule is NCc1nccnc1N1CC=C(C(F)(F)F)CC1. The highest BCUT2D eigenvalue weighted by atomic mass is 19.4. The molecule has 0 unspecified atom stereocenters. The molecule has 2 rings (SSSR count). The van der Waals surface area contributed by atoms with Gasteiger partial charge in [0.2, 0.25) is 0 Å². The molecule has 0 amide bonds. The first-order valence-electron chi connectivity index (χ1n) is 5.53. The minimum atomic E-state index is -4.23. The number of alkyl halides is 3. The van der Waals surface area contributed by atoms with Crippen molar-refractivity contribution in [2.75, 3.05) is 18.0 Å². The van der Waals surface area contributed by atoms with Crippen LogP contribution in [0.1, 0.15) is 12.1 Å². The number of nitrogens with zero attached hydrogens (tertiary/aromatic N) is 3. The topological polar surface area (TPSA) is 55.0 Å². The molecule has 18 heavy (non-hydrogen) atoms. The van der Waals surface area contributed by atoms with Gasteiger partial charge in [-0.25, -0.2) is 4.98 Å². The molecule has 1 aromatic heterocycles. The molecule has 0 saturated carbocycles. The van der Waals surface area contributed by atoms with Gasteiger partial charge >= 0.3 is 6.18 Å². The third kappa shape index (κ3) is 2.61. The Morgan fingerprint density at radius 2 is 2.00 bits per heavy atom. The first kappa shape index (κ1) is 12.8. The second-order valence-corrected chi connectivity index (χ2v) is 3.95. The molecule has 1 aliphatic rings. The Morgan fingerprint density at radius 3 is 2.56 bits per heavy atom. The number of anilines is 1.